The molecule has 6 atom stereocenters. The minimum absolute atomic E-state index is 0.0330. The highest BCUT2D eigenvalue weighted by atomic mass is 32.2. The number of unbranched alkanes of at least 4 members (excludes halogenated alkanes) is 14. The average molecular weight is 975 g/mol. The van der Waals surface area contributed by atoms with Gasteiger partial charge in [0.25, 0.3) is 10.1 Å². The molecule has 0 aromatic carbocycles. The van der Waals surface area contributed by atoms with E-state index in [0.29, 0.717) is 19.3 Å². The summed E-state index contributed by atoms with van der Waals surface area (Å²) in [7, 11) is -4.62. The predicted octanol–water partition coefficient (Wildman–Crippen LogP) is 11.8. The molecule has 388 valence electrons. The maximum absolute atomic E-state index is 12.8. The summed E-state index contributed by atoms with van der Waals surface area (Å²) in [6, 6.07) is 0. The molecule has 6 unspecified atom stereocenters. The number of carbonyl (C=O) groups is 2. The lowest BCUT2D eigenvalue weighted by atomic mass is 10.00. The van der Waals surface area contributed by atoms with Crippen molar-refractivity contribution in [3.8, 4) is 0 Å². The number of aliphatic hydroxyl groups is 3. The number of aliphatic hydroxyl groups excluding tert-OH is 3. The Balaban J connectivity index is 2.43. The van der Waals surface area contributed by atoms with Gasteiger partial charge in [-0.2, -0.15) is 8.42 Å². The van der Waals surface area contributed by atoms with Crippen LogP contribution < -0.4 is 0 Å². The van der Waals surface area contributed by atoms with E-state index in [4.69, 9.17) is 18.9 Å². The lowest BCUT2D eigenvalue weighted by Gasteiger charge is -2.40. The van der Waals surface area contributed by atoms with Gasteiger partial charge >= 0.3 is 11.9 Å². The second-order valence-electron chi connectivity index (χ2n) is 17.4. The maximum atomic E-state index is 12.8. The maximum Gasteiger partial charge on any atom is 0.306 e. The van der Waals surface area contributed by atoms with Gasteiger partial charge in [0.15, 0.2) is 12.4 Å². The van der Waals surface area contributed by atoms with Gasteiger partial charge in [-0.1, -0.05) is 182 Å². The van der Waals surface area contributed by atoms with Gasteiger partial charge in [0.2, 0.25) is 0 Å². The van der Waals surface area contributed by atoms with Gasteiger partial charge in [0, 0.05) is 12.8 Å². The molecule has 0 spiro atoms. The molecule has 1 aliphatic heterocycles. The molecule has 0 aromatic heterocycles. The summed E-state index contributed by atoms with van der Waals surface area (Å²) in [6.07, 6.45) is 50.3. The molecule has 0 amide bonds. The topological polar surface area (TPSA) is 186 Å². The van der Waals surface area contributed by atoms with Gasteiger partial charge < -0.3 is 34.3 Å². The Morgan fingerprint density at radius 2 is 0.956 bits per heavy atom. The summed E-state index contributed by atoms with van der Waals surface area (Å²) in [4.78, 5) is 25.5. The molecular formula is C55H90O12S. The molecule has 1 fully saturated rings. The van der Waals surface area contributed by atoms with Crippen molar-refractivity contribution in [2.45, 2.75) is 218 Å². The first kappa shape index (κ1) is 62.6. The van der Waals surface area contributed by atoms with Crippen LogP contribution in [-0.4, -0.2) is 96.0 Å². The molecule has 1 rings (SSSR count). The molecule has 68 heavy (non-hydrogen) atoms. The Kier molecular flexibility index (Phi) is 40.1. The summed E-state index contributed by atoms with van der Waals surface area (Å²) in [5, 5.41) is 31.0. The van der Waals surface area contributed by atoms with Gasteiger partial charge in [0.1, 0.15) is 36.8 Å². The lowest BCUT2D eigenvalue weighted by Crippen LogP contribution is -2.60. The second kappa shape index (κ2) is 43.6. The Labute approximate surface area is 411 Å². The number of allylic oxidation sites excluding steroid dienone is 16. The van der Waals surface area contributed by atoms with Crippen molar-refractivity contribution in [3.63, 3.8) is 0 Å². The summed E-state index contributed by atoms with van der Waals surface area (Å²) in [5.41, 5.74) is 0. The van der Waals surface area contributed by atoms with Crippen molar-refractivity contribution < 1.29 is 56.8 Å². The Morgan fingerprint density at radius 1 is 0.515 bits per heavy atom. The molecule has 0 aliphatic carbocycles. The number of carbonyl (C=O) groups excluding carboxylic acids is 2. The molecule has 0 aromatic rings. The summed E-state index contributed by atoms with van der Waals surface area (Å²) in [5.74, 6) is -2.11. The standard InChI is InChI=1S/C55H90O12S/c1-3-5-7-9-11-13-15-17-19-21-23-24-26-27-29-31-33-35-37-39-41-43-50(56)64-45-48(46-65-55-54(60)53(59)52(58)49(67-55)47-68(61,62)63)66-51(57)44-42-40-38-36-34-32-30-28-25-22-20-18-16-14-12-10-8-6-4-2/h6,8,12,14-15,17-18,20-21,23,25,28,32,34,38,40,48-49,52-55,58-60H,3-5,7,9-11,13,16,19,22,24,26-27,29-31,33,35-37,39,41-47H2,1-2H3,(H,61,62,63)/b8-6-,14-12-,17-15-,20-18-,23-21-,28-25-,34-32-,40-38-. The molecule has 0 radical (unpaired) electrons. The third kappa shape index (κ3) is 37.5. The quantitative estimate of drug-likeness (QED) is 0.0197. The van der Waals surface area contributed by atoms with E-state index in [0.717, 1.165) is 64.2 Å². The van der Waals surface area contributed by atoms with E-state index in [1.54, 1.807) is 0 Å². The number of rotatable bonds is 42. The highest BCUT2D eigenvalue weighted by Gasteiger charge is 2.46. The van der Waals surface area contributed by atoms with Crippen LogP contribution >= 0.6 is 0 Å². The normalized spacial score (nSPS) is 20.0. The van der Waals surface area contributed by atoms with Crippen LogP contribution in [0.4, 0.5) is 0 Å². The largest absolute Gasteiger partial charge is 0.462 e. The van der Waals surface area contributed by atoms with Crippen LogP contribution in [0.1, 0.15) is 181 Å². The number of esters is 2. The van der Waals surface area contributed by atoms with E-state index in [1.165, 1.54) is 70.6 Å². The first-order valence-electron chi connectivity index (χ1n) is 25.8. The Bertz CT molecular complexity index is 1610. The van der Waals surface area contributed by atoms with Gasteiger partial charge in [-0.3, -0.25) is 14.1 Å². The SMILES string of the molecule is CC/C=C\C/C=C\C/C=C\C/C=C\C/C=C\C/C=C\CCC(=O)OC(COC(=O)CCCCCCCCCCC/C=C\C/C=C\CCCCCCC)COC1OC(CS(=O)(=O)O)C(O)C(O)C1O. The molecule has 13 heteroatoms. The molecule has 1 saturated heterocycles. The van der Waals surface area contributed by atoms with Crippen LogP contribution in [0.5, 0.6) is 0 Å². The zero-order valence-electron chi connectivity index (χ0n) is 41.7. The summed E-state index contributed by atoms with van der Waals surface area (Å²) < 4.78 is 54.2. The smallest absolute Gasteiger partial charge is 0.306 e. The van der Waals surface area contributed by atoms with Gasteiger partial charge in [-0.25, -0.2) is 0 Å². The van der Waals surface area contributed by atoms with Crippen LogP contribution in [0.2, 0.25) is 0 Å². The van der Waals surface area contributed by atoms with Crippen LogP contribution in [0, 0.1) is 0 Å². The fraction of sp³-hybridized carbons (Fsp3) is 0.673. The Morgan fingerprint density at radius 3 is 1.44 bits per heavy atom. The fourth-order valence-electron chi connectivity index (χ4n) is 7.20. The highest BCUT2D eigenvalue weighted by molar-refractivity contribution is 7.85. The average Bonchev–Trinajstić information content (AvgIpc) is 3.31. The second-order valence-corrected chi connectivity index (χ2v) is 18.9. The molecule has 0 bridgehead atoms. The fourth-order valence-corrected chi connectivity index (χ4v) is 7.89. The van der Waals surface area contributed by atoms with E-state index in [9.17, 15) is 37.9 Å². The van der Waals surface area contributed by atoms with E-state index in [2.05, 4.69) is 92.8 Å². The van der Waals surface area contributed by atoms with E-state index in [1.807, 2.05) is 18.2 Å². The van der Waals surface area contributed by atoms with Gasteiger partial charge in [-0.05, 0) is 83.5 Å². The van der Waals surface area contributed by atoms with Crippen LogP contribution in [-0.2, 0) is 38.7 Å². The van der Waals surface area contributed by atoms with Crippen LogP contribution in [0.3, 0.4) is 0 Å². The van der Waals surface area contributed by atoms with Crippen molar-refractivity contribution in [3.05, 3.63) is 97.2 Å². The van der Waals surface area contributed by atoms with Gasteiger partial charge in [-0.15, -0.1) is 0 Å². The predicted molar refractivity (Wildman–Crippen MR) is 274 cm³/mol. The number of hydrogen-bond acceptors (Lipinski definition) is 11. The zero-order chi connectivity index (χ0) is 49.8. The third-order valence-corrected chi connectivity index (χ3v) is 11.9. The number of ether oxygens (including phenoxy) is 4. The van der Waals surface area contributed by atoms with Crippen LogP contribution in [0.15, 0.2) is 97.2 Å². The van der Waals surface area contributed by atoms with Crippen LogP contribution in [0.25, 0.3) is 0 Å². The van der Waals surface area contributed by atoms with E-state index in [-0.39, 0.29) is 19.4 Å². The minimum Gasteiger partial charge on any atom is -0.462 e. The first-order valence-corrected chi connectivity index (χ1v) is 27.4. The van der Waals surface area contributed by atoms with Crippen molar-refractivity contribution in [2.24, 2.45) is 0 Å². The minimum atomic E-state index is -4.62. The van der Waals surface area contributed by atoms with Crippen molar-refractivity contribution in [2.75, 3.05) is 19.0 Å². The number of hydrogen-bond donors (Lipinski definition) is 4. The molecule has 1 heterocycles. The third-order valence-electron chi connectivity index (χ3n) is 11.2. The zero-order valence-corrected chi connectivity index (χ0v) is 42.5. The lowest BCUT2D eigenvalue weighted by molar-refractivity contribution is -0.297. The molecule has 1 aliphatic rings. The van der Waals surface area contributed by atoms with E-state index < -0.39 is 71.2 Å². The van der Waals surface area contributed by atoms with Crippen molar-refractivity contribution in [1.82, 2.24) is 0 Å². The van der Waals surface area contributed by atoms with Gasteiger partial charge in [0.05, 0.1) is 6.61 Å². The van der Waals surface area contributed by atoms with E-state index >= 15 is 0 Å². The molecular weight excluding hydrogens is 885 g/mol. The first-order chi connectivity index (χ1) is 33.0. The molecule has 4 N–H and O–H groups in total. The van der Waals surface area contributed by atoms with Crippen molar-refractivity contribution >= 4 is 22.1 Å². The Hall–Kier alpha value is -3.43. The molecule has 12 nitrogen and oxygen atoms in total. The summed E-state index contributed by atoms with van der Waals surface area (Å²) >= 11 is 0. The monoisotopic (exact) mass is 975 g/mol. The molecule has 0 saturated carbocycles. The van der Waals surface area contributed by atoms with Crippen molar-refractivity contribution in [1.29, 1.82) is 0 Å². The highest BCUT2D eigenvalue weighted by Crippen LogP contribution is 2.24. The summed E-state index contributed by atoms with van der Waals surface area (Å²) in [6.45, 7) is 3.58.